The fraction of sp³-hybridized carbons (Fsp3) is 0.167. The van der Waals surface area contributed by atoms with Gasteiger partial charge in [-0.15, -0.1) is 0 Å². The van der Waals surface area contributed by atoms with Gasteiger partial charge in [-0.25, -0.2) is 0 Å². The Labute approximate surface area is 317 Å². The smallest absolute Gasteiger partial charge is 0.187 e. The van der Waals surface area contributed by atoms with Crippen molar-refractivity contribution in [3.8, 4) is 0 Å². The maximum atomic E-state index is 15.5. The Hall–Kier alpha value is -6.80. The molecule has 0 heterocycles. The number of allylic oxidation sites excluding steroid dienone is 20. The molecule has 6 bridgehead atoms. The van der Waals surface area contributed by atoms with Crippen molar-refractivity contribution in [3.63, 3.8) is 0 Å². The molecule has 16 rings (SSSR count). The van der Waals surface area contributed by atoms with Crippen LogP contribution < -0.4 is 0 Å². The van der Waals surface area contributed by atoms with Gasteiger partial charge in [-0.1, -0.05) is 71.8 Å². The second kappa shape index (κ2) is 9.70. The predicted octanol–water partition coefficient (Wildman–Crippen LogP) is 5.18. The minimum atomic E-state index is -1.07. The van der Waals surface area contributed by atoms with E-state index in [1.165, 1.54) is 24.3 Å². The Kier molecular flexibility index (Phi) is 5.29. The molecular weight excluding hydrogens is 705 g/mol. The lowest BCUT2D eigenvalue weighted by Gasteiger charge is -2.52. The van der Waals surface area contributed by atoms with Gasteiger partial charge in [0.1, 0.15) is 0 Å². The first-order chi connectivity index (χ1) is 27.2. The van der Waals surface area contributed by atoms with E-state index in [1.54, 1.807) is 24.3 Å². The van der Waals surface area contributed by atoms with E-state index in [2.05, 4.69) is 0 Å². The highest BCUT2D eigenvalue weighted by molar-refractivity contribution is 6.38. The molecule has 0 radical (unpaired) electrons. The molecular formula is C48H24O8. The summed E-state index contributed by atoms with van der Waals surface area (Å²) >= 11 is 0. The number of carbonyl (C=O) groups excluding carboxylic acids is 8. The van der Waals surface area contributed by atoms with Gasteiger partial charge in [0.25, 0.3) is 0 Å². The highest BCUT2D eigenvalue weighted by Crippen LogP contribution is 2.67. The van der Waals surface area contributed by atoms with E-state index < -0.39 is 58.6 Å². The molecule has 0 saturated carbocycles. The SMILES string of the molecule is O=C1C=CC(=O)C2=C1C1C3=C(CC=CC3)[C@@H]2C2=C1C(=O)C1=C(C2=O)[C@H]2C3=C(C(=O)C4=C(C3=O)[C@H]3C5=C(C(=O)C=CC5=O)C4c4ccccc43)C1c1ccccc12. The number of rotatable bonds is 0. The number of Topliss-reactive ketones (excluding diaryl/α,β-unsaturated/α-hetero) is 4. The molecule has 2 aromatic carbocycles. The van der Waals surface area contributed by atoms with Crippen molar-refractivity contribution >= 4 is 46.3 Å². The minimum absolute atomic E-state index is 0.131. The molecule has 8 heteroatoms. The average Bonchev–Trinajstić information content (AvgIpc) is 3.23. The monoisotopic (exact) mass is 728 g/mol. The van der Waals surface area contributed by atoms with Crippen LogP contribution in [-0.2, 0) is 38.4 Å². The summed E-state index contributed by atoms with van der Waals surface area (Å²) in [6.07, 6.45) is 9.83. The Morgan fingerprint density at radius 3 is 0.821 bits per heavy atom. The Bertz CT molecular complexity index is 2830. The summed E-state index contributed by atoms with van der Waals surface area (Å²) in [7, 11) is 0. The summed E-state index contributed by atoms with van der Waals surface area (Å²) < 4.78 is 0. The zero-order valence-electron chi connectivity index (χ0n) is 29.2. The van der Waals surface area contributed by atoms with Crippen molar-refractivity contribution in [2.45, 2.75) is 36.5 Å². The highest BCUT2D eigenvalue weighted by Gasteiger charge is 2.64. The second-order valence-electron chi connectivity index (χ2n) is 16.2. The number of carbonyl (C=O) groups is 8. The van der Waals surface area contributed by atoms with Gasteiger partial charge in [-0.05, 0) is 59.4 Å². The van der Waals surface area contributed by atoms with Crippen LogP contribution in [0.3, 0.4) is 0 Å². The molecule has 6 atom stereocenters. The third-order valence-corrected chi connectivity index (χ3v) is 14.2. The highest BCUT2D eigenvalue weighted by atomic mass is 16.2. The summed E-state index contributed by atoms with van der Waals surface area (Å²) in [6.45, 7) is 0. The van der Waals surface area contributed by atoms with Crippen LogP contribution in [0.5, 0.6) is 0 Å². The number of hydrogen-bond acceptors (Lipinski definition) is 8. The van der Waals surface area contributed by atoms with Crippen molar-refractivity contribution in [1.82, 2.24) is 0 Å². The van der Waals surface area contributed by atoms with Crippen LogP contribution in [0.2, 0.25) is 0 Å². The maximum absolute atomic E-state index is 15.5. The quantitative estimate of drug-likeness (QED) is 0.268. The molecule has 14 aliphatic rings. The first kappa shape index (κ1) is 30.5. The van der Waals surface area contributed by atoms with Crippen LogP contribution in [0.1, 0.15) is 58.8 Å². The van der Waals surface area contributed by atoms with E-state index in [4.69, 9.17) is 0 Å². The molecule has 0 aliphatic heterocycles. The fourth-order valence-electron chi connectivity index (χ4n) is 12.4. The third kappa shape index (κ3) is 3.10. The predicted molar refractivity (Wildman–Crippen MR) is 197 cm³/mol. The molecule has 2 aromatic rings. The first-order valence-electron chi connectivity index (χ1n) is 18.9. The van der Waals surface area contributed by atoms with Gasteiger partial charge in [0, 0.05) is 102 Å². The summed E-state index contributed by atoms with van der Waals surface area (Å²) in [6, 6.07) is 14.5. The van der Waals surface area contributed by atoms with Crippen molar-refractivity contribution in [2.75, 3.05) is 0 Å². The largest absolute Gasteiger partial charge is 0.290 e. The average molecular weight is 729 g/mol. The topological polar surface area (TPSA) is 137 Å². The zero-order valence-corrected chi connectivity index (χ0v) is 29.2. The van der Waals surface area contributed by atoms with Gasteiger partial charge < -0.3 is 0 Å². The minimum Gasteiger partial charge on any atom is -0.290 e. The summed E-state index contributed by atoms with van der Waals surface area (Å²) in [5.74, 6) is -9.11. The molecule has 3 unspecified atom stereocenters. The van der Waals surface area contributed by atoms with Gasteiger partial charge in [-0.3, -0.25) is 38.4 Å². The van der Waals surface area contributed by atoms with Crippen molar-refractivity contribution in [2.24, 2.45) is 11.8 Å². The van der Waals surface area contributed by atoms with Crippen LogP contribution in [0.15, 0.2) is 163 Å². The molecule has 0 fully saturated rings. The van der Waals surface area contributed by atoms with E-state index in [-0.39, 0.29) is 90.0 Å². The molecule has 8 nitrogen and oxygen atoms in total. The molecule has 56 heavy (non-hydrogen) atoms. The molecule has 0 aromatic heterocycles. The fourth-order valence-corrected chi connectivity index (χ4v) is 12.4. The van der Waals surface area contributed by atoms with E-state index in [0.717, 1.165) is 11.1 Å². The van der Waals surface area contributed by atoms with Gasteiger partial charge >= 0.3 is 0 Å². The molecule has 264 valence electrons. The van der Waals surface area contributed by atoms with E-state index in [1.807, 2.05) is 36.4 Å². The van der Waals surface area contributed by atoms with Gasteiger partial charge in [0.05, 0.1) is 0 Å². The van der Waals surface area contributed by atoms with Crippen LogP contribution in [0.25, 0.3) is 0 Å². The molecule has 0 amide bonds. The number of benzene rings is 2. The van der Waals surface area contributed by atoms with Gasteiger partial charge in [-0.2, -0.15) is 0 Å². The lowest BCUT2D eigenvalue weighted by Crippen LogP contribution is -2.50. The second-order valence-corrected chi connectivity index (χ2v) is 16.2. The van der Waals surface area contributed by atoms with Crippen LogP contribution in [0.4, 0.5) is 0 Å². The van der Waals surface area contributed by atoms with Crippen molar-refractivity contribution < 1.29 is 38.4 Å². The maximum Gasteiger partial charge on any atom is 0.187 e. The number of hydrogen-bond donors (Lipinski definition) is 0. The standard InChI is InChI=1S/C48H24O8/c49-23-13-14-24(50)34-28-18-8-2-1-7-17(18)27(33(23)34)37-38(28)46(54)42-32-22-12-6-5-11-21(22)31(41(42)45(37)53)43-44(32)48(56)40-30-20-10-4-3-9-19(20)29(39(40)47(43)55)35-25(51)15-16-26(52)36(30)35/h1-8,11-16,27-32H,9-10H2/t27-,28?,29+,30?,31-,32?/m1/s1. The van der Waals surface area contributed by atoms with Gasteiger partial charge in [0.15, 0.2) is 46.3 Å². The summed E-state index contributed by atoms with van der Waals surface area (Å²) in [4.78, 5) is 117. The first-order valence-corrected chi connectivity index (χ1v) is 18.9. The Balaban J connectivity index is 1.03. The molecule has 0 N–H and O–H groups in total. The lowest BCUT2D eigenvalue weighted by molar-refractivity contribution is -0.120. The molecule has 14 aliphatic carbocycles. The molecule has 0 saturated heterocycles. The normalized spacial score (nSPS) is 31.0. The van der Waals surface area contributed by atoms with Crippen LogP contribution in [-0.4, -0.2) is 46.3 Å². The molecule has 0 spiro atoms. The number of ketones is 8. The van der Waals surface area contributed by atoms with Crippen LogP contribution in [0, 0.1) is 11.8 Å². The lowest BCUT2D eigenvalue weighted by atomic mass is 9.47. The summed E-state index contributed by atoms with van der Waals surface area (Å²) in [5, 5.41) is 0. The van der Waals surface area contributed by atoms with E-state index in [0.29, 0.717) is 35.1 Å². The summed E-state index contributed by atoms with van der Waals surface area (Å²) in [5.41, 5.74) is 6.55. The van der Waals surface area contributed by atoms with Crippen LogP contribution >= 0.6 is 0 Å². The van der Waals surface area contributed by atoms with Crippen molar-refractivity contribution in [1.29, 1.82) is 0 Å². The van der Waals surface area contributed by atoms with Gasteiger partial charge in [0.2, 0.25) is 0 Å². The van der Waals surface area contributed by atoms with E-state index in [9.17, 15) is 19.2 Å². The zero-order chi connectivity index (χ0) is 37.8. The van der Waals surface area contributed by atoms with Crippen molar-refractivity contribution in [3.05, 3.63) is 185 Å². The Morgan fingerprint density at radius 1 is 0.304 bits per heavy atom. The Morgan fingerprint density at radius 2 is 0.536 bits per heavy atom. The third-order valence-electron chi connectivity index (χ3n) is 14.2. The van der Waals surface area contributed by atoms with E-state index >= 15 is 19.2 Å².